The van der Waals surface area contributed by atoms with Crippen molar-refractivity contribution in [1.29, 1.82) is 0 Å². The fourth-order valence-electron chi connectivity index (χ4n) is 4.74. The minimum atomic E-state index is -0.874. The number of amides is 1. The Morgan fingerprint density at radius 2 is 1.67 bits per heavy atom. The number of ether oxygens (including phenoxy) is 1. The Morgan fingerprint density at radius 3 is 2.19 bits per heavy atom. The van der Waals surface area contributed by atoms with Crippen molar-refractivity contribution in [3.63, 3.8) is 0 Å². The molecule has 21 heavy (non-hydrogen) atoms. The van der Waals surface area contributed by atoms with Gasteiger partial charge in [-0.2, -0.15) is 0 Å². The number of fused-ring (bicyclic) bond motifs is 2. The molecule has 5 heteroatoms. The monoisotopic (exact) mass is 295 g/mol. The SMILES string of the molecule is CC(C)(C)OC(=O)N1C[C@@H]2C3CCC(CC3)[C@@H]2[C@H]1C(=O)O. The highest BCUT2D eigenvalue weighted by Crippen LogP contribution is 2.54. The first-order valence-corrected chi connectivity index (χ1v) is 8.00. The van der Waals surface area contributed by atoms with Gasteiger partial charge in [0.15, 0.2) is 0 Å². The second-order valence-corrected chi connectivity index (χ2v) is 7.83. The summed E-state index contributed by atoms with van der Waals surface area (Å²) in [7, 11) is 0. The van der Waals surface area contributed by atoms with Crippen LogP contribution in [-0.4, -0.2) is 40.3 Å². The van der Waals surface area contributed by atoms with Crippen LogP contribution in [-0.2, 0) is 9.53 Å². The van der Waals surface area contributed by atoms with Gasteiger partial charge in [-0.3, -0.25) is 4.90 Å². The maximum absolute atomic E-state index is 12.4. The number of likely N-dealkylation sites (tertiary alicyclic amines) is 1. The molecule has 1 N–H and O–H groups in total. The van der Waals surface area contributed by atoms with Crippen LogP contribution in [0.5, 0.6) is 0 Å². The van der Waals surface area contributed by atoms with Crippen molar-refractivity contribution < 1.29 is 19.4 Å². The van der Waals surface area contributed by atoms with Gasteiger partial charge >= 0.3 is 12.1 Å². The van der Waals surface area contributed by atoms with Crippen LogP contribution in [0, 0.1) is 23.7 Å². The van der Waals surface area contributed by atoms with Crippen LogP contribution < -0.4 is 0 Å². The zero-order valence-electron chi connectivity index (χ0n) is 13.0. The summed E-state index contributed by atoms with van der Waals surface area (Å²) in [6.07, 6.45) is 4.17. The van der Waals surface area contributed by atoms with Crippen molar-refractivity contribution in [2.45, 2.75) is 58.1 Å². The average Bonchev–Trinajstić information content (AvgIpc) is 2.80. The molecular formula is C16H25NO4. The van der Waals surface area contributed by atoms with E-state index in [9.17, 15) is 14.7 Å². The van der Waals surface area contributed by atoms with Crippen LogP contribution in [0.25, 0.3) is 0 Å². The first-order chi connectivity index (χ1) is 9.78. The predicted molar refractivity (Wildman–Crippen MR) is 76.8 cm³/mol. The normalized spacial score (nSPS) is 38.2. The molecular weight excluding hydrogens is 270 g/mol. The fraction of sp³-hybridized carbons (Fsp3) is 0.875. The number of nitrogens with zero attached hydrogens (tertiary/aromatic N) is 1. The van der Waals surface area contributed by atoms with Gasteiger partial charge < -0.3 is 9.84 Å². The van der Waals surface area contributed by atoms with E-state index in [1.54, 1.807) is 0 Å². The predicted octanol–water partition coefficient (Wildman–Crippen LogP) is 2.74. The molecule has 3 atom stereocenters. The van der Waals surface area contributed by atoms with Crippen molar-refractivity contribution in [3.8, 4) is 0 Å². The quantitative estimate of drug-likeness (QED) is 0.807. The van der Waals surface area contributed by atoms with E-state index < -0.39 is 23.7 Å². The first kappa shape index (κ1) is 14.7. The van der Waals surface area contributed by atoms with Crippen LogP contribution in [0.1, 0.15) is 46.5 Å². The molecule has 0 aromatic heterocycles. The Labute approximate surface area is 125 Å². The van der Waals surface area contributed by atoms with E-state index in [1.807, 2.05) is 20.8 Å². The summed E-state index contributed by atoms with van der Waals surface area (Å²) in [5, 5.41) is 9.65. The lowest BCUT2D eigenvalue weighted by atomic mass is 9.58. The molecule has 4 rings (SSSR count). The lowest BCUT2D eigenvalue weighted by molar-refractivity contribution is -0.145. The van der Waals surface area contributed by atoms with E-state index in [-0.39, 0.29) is 5.92 Å². The van der Waals surface area contributed by atoms with Crippen molar-refractivity contribution in [3.05, 3.63) is 0 Å². The Morgan fingerprint density at radius 1 is 1.10 bits per heavy atom. The Balaban J connectivity index is 1.84. The molecule has 3 saturated carbocycles. The van der Waals surface area contributed by atoms with E-state index >= 15 is 0 Å². The number of carboxylic acids is 1. The Kier molecular flexibility index (Phi) is 3.41. The number of carboxylic acid groups (broad SMARTS) is 1. The lowest BCUT2D eigenvalue weighted by Gasteiger charge is -2.45. The van der Waals surface area contributed by atoms with Gasteiger partial charge in [0, 0.05) is 6.54 Å². The third kappa shape index (κ3) is 2.51. The van der Waals surface area contributed by atoms with E-state index in [0.717, 1.165) is 12.8 Å². The maximum Gasteiger partial charge on any atom is 0.411 e. The summed E-state index contributed by atoms with van der Waals surface area (Å²) < 4.78 is 5.42. The van der Waals surface area contributed by atoms with Gasteiger partial charge in [-0.05, 0) is 70.1 Å². The summed E-state index contributed by atoms with van der Waals surface area (Å²) in [5.74, 6) is 0.664. The van der Waals surface area contributed by atoms with Crippen LogP contribution in [0.15, 0.2) is 0 Å². The standard InChI is InChI=1S/C16H25NO4/c1-16(2,3)21-15(20)17-8-11-9-4-6-10(7-5-9)12(11)13(17)14(18)19/h9-13H,4-8H2,1-3H3,(H,18,19)/t9?,10?,11-,12+,13+/m1/s1. The molecule has 0 aromatic carbocycles. The number of rotatable bonds is 1. The molecule has 3 aliphatic carbocycles. The number of carbonyl (C=O) groups excluding carboxylic acids is 1. The number of hydrogen-bond acceptors (Lipinski definition) is 3. The number of aliphatic carboxylic acids is 1. The fourth-order valence-corrected chi connectivity index (χ4v) is 4.74. The van der Waals surface area contributed by atoms with Gasteiger partial charge in [-0.1, -0.05) is 0 Å². The highest BCUT2D eigenvalue weighted by atomic mass is 16.6. The van der Waals surface area contributed by atoms with Gasteiger partial charge in [0.05, 0.1) is 0 Å². The highest BCUT2D eigenvalue weighted by molar-refractivity contribution is 5.81. The minimum absolute atomic E-state index is 0.127. The van der Waals surface area contributed by atoms with Crippen molar-refractivity contribution >= 4 is 12.1 Å². The van der Waals surface area contributed by atoms with Crippen LogP contribution in [0.4, 0.5) is 4.79 Å². The van der Waals surface area contributed by atoms with Gasteiger partial charge in [-0.25, -0.2) is 9.59 Å². The van der Waals surface area contributed by atoms with Crippen LogP contribution >= 0.6 is 0 Å². The molecule has 5 nitrogen and oxygen atoms in total. The van der Waals surface area contributed by atoms with Crippen molar-refractivity contribution in [2.24, 2.45) is 23.7 Å². The van der Waals surface area contributed by atoms with E-state index in [1.165, 1.54) is 17.7 Å². The molecule has 2 bridgehead atoms. The molecule has 4 aliphatic rings. The zero-order valence-corrected chi connectivity index (χ0v) is 13.0. The van der Waals surface area contributed by atoms with Crippen LogP contribution in [0.2, 0.25) is 0 Å². The molecule has 0 unspecified atom stereocenters. The molecule has 0 spiro atoms. The first-order valence-electron chi connectivity index (χ1n) is 8.00. The molecule has 0 radical (unpaired) electrons. The third-order valence-electron chi connectivity index (χ3n) is 5.45. The van der Waals surface area contributed by atoms with Gasteiger partial charge in [0.1, 0.15) is 11.6 Å². The van der Waals surface area contributed by atoms with Crippen molar-refractivity contribution in [1.82, 2.24) is 4.90 Å². The van der Waals surface area contributed by atoms with Crippen molar-refractivity contribution in [2.75, 3.05) is 6.54 Å². The Hall–Kier alpha value is -1.26. The molecule has 118 valence electrons. The summed E-state index contributed by atoms with van der Waals surface area (Å²) in [4.78, 5) is 25.6. The van der Waals surface area contributed by atoms with Gasteiger partial charge in [0.2, 0.25) is 0 Å². The number of carbonyl (C=O) groups is 2. The largest absolute Gasteiger partial charge is 0.480 e. The average molecular weight is 295 g/mol. The summed E-state index contributed by atoms with van der Waals surface area (Å²) >= 11 is 0. The number of hydrogen-bond donors (Lipinski definition) is 1. The van der Waals surface area contributed by atoms with Gasteiger partial charge in [-0.15, -0.1) is 0 Å². The molecule has 4 fully saturated rings. The smallest absolute Gasteiger partial charge is 0.411 e. The minimum Gasteiger partial charge on any atom is -0.480 e. The maximum atomic E-state index is 12.4. The second-order valence-electron chi connectivity index (χ2n) is 7.83. The van der Waals surface area contributed by atoms with E-state index in [4.69, 9.17) is 4.74 Å². The highest BCUT2D eigenvalue weighted by Gasteiger charge is 2.57. The molecule has 1 saturated heterocycles. The zero-order chi connectivity index (χ0) is 15.4. The lowest BCUT2D eigenvalue weighted by Crippen LogP contribution is -2.48. The van der Waals surface area contributed by atoms with E-state index in [2.05, 4.69) is 0 Å². The van der Waals surface area contributed by atoms with Gasteiger partial charge in [0.25, 0.3) is 0 Å². The Bertz CT molecular complexity index is 448. The van der Waals surface area contributed by atoms with E-state index in [0.29, 0.717) is 24.3 Å². The third-order valence-corrected chi connectivity index (χ3v) is 5.45. The molecule has 1 heterocycles. The topological polar surface area (TPSA) is 66.8 Å². The second kappa shape index (κ2) is 4.89. The molecule has 1 amide bonds. The summed E-state index contributed by atoms with van der Waals surface area (Å²) in [6.45, 7) is 5.99. The van der Waals surface area contributed by atoms with Crippen LogP contribution in [0.3, 0.4) is 0 Å². The summed E-state index contributed by atoms with van der Waals surface area (Å²) in [5.41, 5.74) is -0.590. The molecule has 1 aliphatic heterocycles. The molecule has 0 aromatic rings. The summed E-state index contributed by atoms with van der Waals surface area (Å²) in [6, 6.07) is -0.696.